The summed E-state index contributed by atoms with van der Waals surface area (Å²) in [6.07, 6.45) is 0.964. The first-order chi connectivity index (χ1) is 10.5. The molecule has 1 aromatic rings. The van der Waals surface area contributed by atoms with Crippen molar-refractivity contribution in [2.45, 2.75) is 27.2 Å². The zero-order chi connectivity index (χ0) is 16.5. The van der Waals surface area contributed by atoms with Crippen LogP contribution in [0.25, 0.3) is 5.70 Å². The molecule has 22 heavy (non-hydrogen) atoms. The van der Waals surface area contributed by atoms with E-state index in [1.165, 1.54) is 10.5 Å². The van der Waals surface area contributed by atoms with Crippen LogP contribution >= 0.6 is 11.9 Å². The highest BCUT2D eigenvalue weighted by atomic mass is 32.2. The molecule has 4 nitrogen and oxygen atoms in total. The fourth-order valence-electron chi connectivity index (χ4n) is 1.92. The summed E-state index contributed by atoms with van der Waals surface area (Å²) in [6.45, 7) is 12.0. The van der Waals surface area contributed by atoms with E-state index in [9.17, 15) is 0 Å². The van der Waals surface area contributed by atoms with E-state index >= 15 is 0 Å². The molecular weight excluding hydrogens is 292 g/mol. The van der Waals surface area contributed by atoms with Gasteiger partial charge in [-0.25, -0.2) is 0 Å². The summed E-state index contributed by atoms with van der Waals surface area (Å²) in [6, 6.07) is 6.22. The quantitative estimate of drug-likeness (QED) is 0.415. The Balaban J connectivity index is 2.75. The maximum Gasteiger partial charge on any atom is 0.0447 e. The molecule has 0 saturated heterocycles. The van der Waals surface area contributed by atoms with Crippen molar-refractivity contribution in [1.82, 2.24) is 10.0 Å². The predicted octanol–water partition coefficient (Wildman–Crippen LogP) is 3.44. The molecule has 0 amide bonds. The predicted molar refractivity (Wildman–Crippen MR) is 101 cm³/mol. The van der Waals surface area contributed by atoms with Gasteiger partial charge >= 0.3 is 0 Å². The third-order valence-electron chi connectivity index (χ3n) is 3.59. The van der Waals surface area contributed by atoms with Crippen LogP contribution in [0, 0.1) is 6.92 Å². The molecule has 0 aliphatic heterocycles. The Morgan fingerprint density at radius 3 is 2.68 bits per heavy atom. The van der Waals surface area contributed by atoms with Crippen molar-refractivity contribution in [1.29, 1.82) is 0 Å². The zero-order valence-corrected chi connectivity index (χ0v) is 14.9. The summed E-state index contributed by atoms with van der Waals surface area (Å²) in [4.78, 5) is 1.19. The average molecular weight is 321 g/mol. The second-order valence-electron chi connectivity index (χ2n) is 5.16. The fourth-order valence-corrected chi connectivity index (χ4v) is 2.57. The highest BCUT2D eigenvalue weighted by Crippen LogP contribution is 2.25. The van der Waals surface area contributed by atoms with E-state index in [2.05, 4.69) is 54.8 Å². The average Bonchev–Trinajstić information content (AvgIpc) is 2.53. The first kappa shape index (κ1) is 18.5. The van der Waals surface area contributed by atoms with Crippen LogP contribution in [0.15, 0.2) is 35.4 Å². The van der Waals surface area contributed by atoms with E-state index in [0.29, 0.717) is 6.54 Å². The van der Waals surface area contributed by atoms with Gasteiger partial charge in [-0.15, -0.1) is 0 Å². The minimum absolute atomic E-state index is 0.701. The van der Waals surface area contributed by atoms with E-state index in [-0.39, 0.29) is 0 Å². The normalized spacial score (nSPS) is 11.7. The molecule has 0 spiro atoms. The van der Waals surface area contributed by atoms with Gasteiger partial charge in [0.2, 0.25) is 0 Å². The van der Waals surface area contributed by atoms with Gasteiger partial charge in [0.1, 0.15) is 0 Å². The van der Waals surface area contributed by atoms with Crippen molar-refractivity contribution >= 4 is 23.3 Å². The molecule has 0 unspecified atom stereocenters. The van der Waals surface area contributed by atoms with Crippen LogP contribution in [0.4, 0.5) is 5.69 Å². The number of benzene rings is 1. The van der Waals surface area contributed by atoms with Crippen LogP contribution in [0.1, 0.15) is 31.4 Å². The van der Waals surface area contributed by atoms with Crippen LogP contribution in [0.2, 0.25) is 0 Å². The fraction of sp³-hybridized carbons (Fsp3) is 0.412. The zero-order valence-electron chi connectivity index (χ0n) is 14.0. The lowest BCUT2D eigenvalue weighted by Crippen LogP contribution is -2.11. The molecule has 1 aromatic carbocycles. The SMILES string of the molecule is C=C(NS/C(C)=C(/C)NC)c1cccc(NCCCN)c1C. The van der Waals surface area contributed by atoms with Gasteiger partial charge in [-0.1, -0.05) is 18.7 Å². The highest BCUT2D eigenvalue weighted by molar-refractivity contribution is 8.01. The van der Waals surface area contributed by atoms with Gasteiger partial charge in [-0.05, 0) is 57.3 Å². The molecule has 0 bridgehead atoms. The van der Waals surface area contributed by atoms with Crippen LogP contribution in [-0.4, -0.2) is 20.1 Å². The second-order valence-corrected chi connectivity index (χ2v) is 6.18. The standard InChI is InChI=1S/C17H28N4S/c1-12-16(8-6-9-17(12)20-11-7-10-18)14(3)21-22-15(4)13(2)19-5/h6,8-9,19-21H,3,7,10-11,18H2,1-2,4-5H3/b15-13-. The minimum atomic E-state index is 0.701. The summed E-state index contributed by atoms with van der Waals surface area (Å²) >= 11 is 1.58. The lowest BCUT2D eigenvalue weighted by Gasteiger charge is -2.16. The molecule has 0 heterocycles. The molecular formula is C17H28N4S. The first-order valence-corrected chi connectivity index (χ1v) is 8.33. The number of anilines is 1. The molecule has 5 heteroatoms. The number of nitrogens with two attached hydrogens (primary N) is 1. The summed E-state index contributed by atoms with van der Waals surface area (Å²) in [5, 5.41) is 6.57. The Hall–Kier alpha value is -1.59. The Labute approximate surface area is 138 Å². The molecule has 0 aliphatic carbocycles. The maximum absolute atomic E-state index is 5.54. The number of allylic oxidation sites excluding steroid dienone is 2. The van der Waals surface area contributed by atoms with E-state index in [4.69, 9.17) is 5.73 Å². The van der Waals surface area contributed by atoms with Crippen molar-refractivity contribution in [2.24, 2.45) is 5.73 Å². The van der Waals surface area contributed by atoms with Crippen molar-refractivity contribution in [2.75, 3.05) is 25.5 Å². The third-order valence-corrected chi connectivity index (χ3v) is 4.55. The molecule has 0 aliphatic rings. The van der Waals surface area contributed by atoms with Crippen molar-refractivity contribution in [3.8, 4) is 0 Å². The third kappa shape index (κ3) is 5.31. The maximum atomic E-state index is 5.54. The van der Waals surface area contributed by atoms with Gasteiger partial charge in [-0.3, -0.25) is 0 Å². The molecule has 0 aromatic heterocycles. The van der Waals surface area contributed by atoms with Gasteiger partial charge in [-0.2, -0.15) is 0 Å². The number of rotatable bonds is 9. The molecule has 122 valence electrons. The first-order valence-electron chi connectivity index (χ1n) is 7.52. The van der Waals surface area contributed by atoms with Gasteiger partial charge in [0, 0.05) is 41.1 Å². The molecule has 5 N–H and O–H groups in total. The topological polar surface area (TPSA) is 62.1 Å². The van der Waals surface area contributed by atoms with Crippen LogP contribution in [0.3, 0.4) is 0 Å². The Kier molecular flexibility index (Phi) is 7.91. The van der Waals surface area contributed by atoms with E-state index < -0.39 is 0 Å². The van der Waals surface area contributed by atoms with E-state index in [0.717, 1.165) is 35.6 Å². The van der Waals surface area contributed by atoms with Gasteiger partial charge in [0.15, 0.2) is 0 Å². The van der Waals surface area contributed by atoms with Crippen molar-refractivity contribution in [3.05, 3.63) is 46.5 Å². The monoisotopic (exact) mass is 320 g/mol. The van der Waals surface area contributed by atoms with Crippen molar-refractivity contribution < 1.29 is 0 Å². The van der Waals surface area contributed by atoms with Gasteiger partial charge in [0.25, 0.3) is 0 Å². The molecule has 0 atom stereocenters. The Bertz CT molecular complexity index is 537. The molecule has 0 fully saturated rings. The lowest BCUT2D eigenvalue weighted by molar-refractivity contribution is 0.873. The summed E-state index contributed by atoms with van der Waals surface area (Å²) in [5.41, 5.74) is 11.1. The summed E-state index contributed by atoms with van der Waals surface area (Å²) < 4.78 is 3.33. The number of hydrogen-bond donors (Lipinski definition) is 4. The van der Waals surface area contributed by atoms with Gasteiger partial charge in [0.05, 0.1) is 0 Å². The Morgan fingerprint density at radius 1 is 1.32 bits per heavy atom. The second kappa shape index (κ2) is 9.43. The lowest BCUT2D eigenvalue weighted by atomic mass is 10.0. The van der Waals surface area contributed by atoms with E-state index in [1.807, 2.05) is 13.1 Å². The summed E-state index contributed by atoms with van der Waals surface area (Å²) in [5.74, 6) is 0. The van der Waals surface area contributed by atoms with Crippen LogP contribution < -0.4 is 21.1 Å². The minimum Gasteiger partial charge on any atom is -0.391 e. The molecule has 0 radical (unpaired) electrons. The number of nitrogens with one attached hydrogen (secondary N) is 3. The molecule has 0 saturated carbocycles. The smallest absolute Gasteiger partial charge is 0.0447 e. The van der Waals surface area contributed by atoms with Crippen molar-refractivity contribution in [3.63, 3.8) is 0 Å². The van der Waals surface area contributed by atoms with Crippen LogP contribution in [-0.2, 0) is 0 Å². The Morgan fingerprint density at radius 2 is 2.05 bits per heavy atom. The number of hydrogen-bond acceptors (Lipinski definition) is 5. The largest absolute Gasteiger partial charge is 0.391 e. The molecule has 1 rings (SSSR count). The summed E-state index contributed by atoms with van der Waals surface area (Å²) in [7, 11) is 1.93. The van der Waals surface area contributed by atoms with Crippen LogP contribution in [0.5, 0.6) is 0 Å². The van der Waals surface area contributed by atoms with Gasteiger partial charge < -0.3 is 21.1 Å². The van der Waals surface area contributed by atoms with E-state index in [1.54, 1.807) is 11.9 Å². The highest BCUT2D eigenvalue weighted by Gasteiger charge is 2.07.